The van der Waals surface area contributed by atoms with Crippen LogP contribution in [0.2, 0.25) is 0 Å². The maximum Gasteiger partial charge on any atom is 0.0556 e. The fourth-order valence-corrected chi connectivity index (χ4v) is 2.65. The summed E-state index contributed by atoms with van der Waals surface area (Å²) < 4.78 is 0. The molecule has 1 aromatic rings. The minimum Gasteiger partial charge on any atom is -0.368 e. The number of hydrogen-bond donors (Lipinski definition) is 0. The molecular formula is C17H29N3. The molecule has 0 saturated carbocycles. The zero-order valence-electron chi connectivity index (χ0n) is 13.9. The Bertz CT molecular complexity index is 446. The van der Waals surface area contributed by atoms with E-state index in [0.717, 1.165) is 26.2 Å². The van der Waals surface area contributed by atoms with Crippen LogP contribution in [-0.4, -0.2) is 41.6 Å². The van der Waals surface area contributed by atoms with Crippen LogP contribution in [0.3, 0.4) is 0 Å². The molecule has 0 aliphatic carbocycles. The van der Waals surface area contributed by atoms with Crippen LogP contribution in [0.25, 0.3) is 0 Å². The molecule has 0 amide bonds. The van der Waals surface area contributed by atoms with Crippen molar-refractivity contribution in [3.8, 4) is 0 Å². The van der Waals surface area contributed by atoms with Gasteiger partial charge in [-0.25, -0.2) is 0 Å². The maximum absolute atomic E-state index is 4.44. The van der Waals surface area contributed by atoms with Crippen molar-refractivity contribution < 1.29 is 0 Å². The van der Waals surface area contributed by atoms with Crippen molar-refractivity contribution in [2.75, 3.05) is 31.1 Å². The van der Waals surface area contributed by atoms with Crippen LogP contribution in [0.4, 0.5) is 5.69 Å². The Morgan fingerprint density at radius 1 is 0.900 bits per heavy atom. The summed E-state index contributed by atoms with van der Waals surface area (Å²) in [6, 6.07) is 2.31. The second kappa shape index (κ2) is 5.36. The van der Waals surface area contributed by atoms with Crippen molar-refractivity contribution >= 4 is 5.69 Å². The SMILES string of the molecule is CC(C)(C)c1cncc(N2CCN(C(C)(C)C)CC2)c1. The van der Waals surface area contributed by atoms with Gasteiger partial charge < -0.3 is 4.90 Å². The predicted octanol–water partition coefficient (Wildman–Crippen LogP) is 3.30. The Balaban J connectivity index is 2.08. The van der Waals surface area contributed by atoms with Crippen LogP contribution in [0.5, 0.6) is 0 Å². The fraction of sp³-hybridized carbons (Fsp3) is 0.706. The van der Waals surface area contributed by atoms with Gasteiger partial charge in [-0.3, -0.25) is 9.88 Å². The van der Waals surface area contributed by atoms with Gasteiger partial charge in [-0.1, -0.05) is 20.8 Å². The van der Waals surface area contributed by atoms with Crippen LogP contribution >= 0.6 is 0 Å². The largest absolute Gasteiger partial charge is 0.368 e. The molecule has 1 aliphatic rings. The summed E-state index contributed by atoms with van der Waals surface area (Å²) in [5, 5.41) is 0. The highest BCUT2D eigenvalue weighted by Crippen LogP contribution is 2.26. The summed E-state index contributed by atoms with van der Waals surface area (Å²) in [5.74, 6) is 0. The molecule has 20 heavy (non-hydrogen) atoms. The second-order valence-electron chi connectivity index (χ2n) is 7.83. The van der Waals surface area contributed by atoms with E-state index >= 15 is 0 Å². The maximum atomic E-state index is 4.44. The molecule has 1 fully saturated rings. The van der Waals surface area contributed by atoms with E-state index in [9.17, 15) is 0 Å². The van der Waals surface area contributed by atoms with Crippen molar-refractivity contribution in [1.82, 2.24) is 9.88 Å². The molecule has 2 heterocycles. The zero-order chi connectivity index (χ0) is 15.0. The molecule has 1 saturated heterocycles. The standard InChI is InChI=1S/C17H29N3/c1-16(2,3)14-11-15(13-18-12-14)19-7-9-20(10-8-19)17(4,5)6/h11-13H,7-10H2,1-6H3. The van der Waals surface area contributed by atoms with Gasteiger partial charge in [-0.05, 0) is 37.8 Å². The van der Waals surface area contributed by atoms with Gasteiger partial charge in [0, 0.05) is 37.9 Å². The lowest BCUT2D eigenvalue weighted by Gasteiger charge is -2.43. The minimum absolute atomic E-state index is 0.163. The van der Waals surface area contributed by atoms with Gasteiger partial charge in [0.15, 0.2) is 0 Å². The lowest BCUT2D eigenvalue weighted by Crippen LogP contribution is -2.53. The van der Waals surface area contributed by atoms with Gasteiger partial charge >= 0.3 is 0 Å². The van der Waals surface area contributed by atoms with Gasteiger partial charge in [-0.2, -0.15) is 0 Å². The Hall–Kier alpha value is -1.09. The lowest BCUT2D eigenvalue weighted by molar-refractivity contribution is 0.128. The number of nitrogens with zero attached hydrogens (tertiary/aromatic N) is 3. The van der Waals surface area contributed by atoms with Crippen LogP contribution < -0.4 is 4.90 Å². The van der Waals surface area contributed by atoms with E-state index in [2.05, 4.69) is 62.4 Å². The molecule has 1 aromatic heterocycles. The first kappa shape index (κ1) is 15.3. The van der Waals surface area contributed by atoms with Crippen molar-refractivity contribution in [2.45, 2.75) is 52.5 Å². The molecule has 1 aliphatic heterocycles. The van der Waals surface area contributed by atoms with Gasteiger partial charge in [-0.15, -0.1) is 0 Å². The van der Waals surface area contributed by atoms with Gasteiger partial charge in [0.2, 0.25) is 0 Å². The second-order valence-corrected chi connectivity index (χ2v) is 7.83. The normalized spacial score (nSPS) is 18.4. The van der Waals surface area contributed by atoms with E-state index < -0.39 is 0 Å². The lowest BCUT2D eigenvalue weighted by atomic mass is 9.88. The van der Waals surface area contributed by atoms with Crippen LogP contribution in [0.1, 0.15) is 47.1 Å². The van der Waals surface area contributed by atoms with Crippen molar-refractivity contribution in [1.29, 1.82) is 0 Å². The summed E-state index contributed by atoms with van der Waals surface area (Å²) >= 11 is 0. The van der Waals surface area contributed by atoms with Crippen LogP contribution in [-0.2, 0) is 5.41 Å². The average Bonchev–Trinajstić information content (AvgIpc) is 2.37. The third-order valence-electron chi connectivity index (χ3n) is 4.18. The Kier molecular flexibility index (Phi) is 4.10. The molecule has 0 atom stereocenters. The molecule has 112 valence electrons. The third kappa shape index (κ3) is 3.51. The number of hydrogen-bond acceptors (Lipinski definition) is 3. The Labute approximate surface area is 124 Å². The first-order valence-corrected chi connectivity index (χ1v) is 7.63. The topological polar surface area (TPSA) is 19.4 Å². The molecule has 0 radical (unpaired) electrons. The zero-order valence-corrected chi connectivity index (χ0v) is 13.9. The molecule has 0 unspecified atom stereocenters. The minimum atomic E-state index is 0.163. The van der Waals surface area contributed by atoms with E-state index in [4.69, 9.17) is 0 Å². The van der Waals surface area contributed by atoms with Gasteiger partial charge in [0.05, 0.1) is 11.9 Å². The van der Waals surface area contributed by atoms with Crippen LogP contribution in [0.15, 0.2) is 18.5 Å². The van der Waals surface area contributed by atoms with E-state index in [1.807, 2.05) is 12.4 Å². The van der Waals surface area contributed by atoms with E-state index in [1.54, 1.807) is 0 Å². The van der Waals surface area contributed by atoms with Gasteiger partial charge in [0.1, 0.15) is 0 Å². The summed E-state index contributed by atoms with van der Waals surface area (Å²) in [6.45, 7) is 18.0. The third-order valence-corrected chi connectivity index (χ3v) is 4.18. The number of piperazine rings is 1. The van der Waals surface area contributed by atoms with Crippen molar-refractivity contribution in [3.63, 3.8) is 0 Å². The highest BCUT2D eigenvalue weighted by Gasteiger charge is 2.26. The highest BCUT2D eigenvalue weighted by atomic mass is 15.3. The number of pyridine rings is 1. The molecule has 3 nitrogen and oxygen atoms in total. The van der Waals surface area contributed by atoms with Crippen molar-refractivity contribution in [2.24, 2.45) is 0 Å². The monoisotopic (exact) mass is 275 g/mol. The summed E-state index contributed by atoms with van der Waals surface area (Å²) in [6.07, 6.45) is 4.00. The molecule has 0 spiro atoms. The highest BCUT2D eigenvalue weighted by molar-refractivity contribution is 5.48. The summed E-state index contributed by atoms with van der Waals surface area (Å²) in [4.78, 5) is 9.46. The molecular weight excluding hydrogens is 246 g/mol. The van der Waals surface area contributed by atoms with Crippen LogP contribution in [0, 0.1) is 0 Å². The number of anilines is 1. The first-order chi connectivity index (χ1) is 9.18. The molecule has 0 N–H and O–H groups in total. The summed E-state index contributed by atoms with van der Waals surface area (Å²) in [7, 11) is 0. The molecule has 0 aromatic carbocycles. The Morgan fingerprint density at radius 3 is 2.00 bits per heavy atom. The average molecular weight is 275 g/mol. The quantitative estimate of drug-likeness (QED) is 0.784. The predicted molar refractivity (Wildman–Crippen MR) is 86.5 cm³/mol. The van der Waals surface area contributed by atoms with E-state index in [0.29, 0.717) is 0 Å². The number of aromatic nitrogens is 1. The molecule has 0 bridgehead atoms. The fourth-order valence-electron chi connectivity index (χ4n) is 2.65. The van der Waals surface area contributed by atoms with Gasteiger partial charge in [0.25, 0.3) is 0 Å². The summed E-state index contributed by atoms with van der Waals surface area (Å²) in [5.41, 5.74) is 3.02. The van der Waals surface area contributed by atoms with Crippen molar-refractivity contribution in [3.05, 3.63) is 24.0 Å². The van der Waals surface area contributed by atoms with E-state index in [1.165, 1.54) is 11.3 Å². The Morgan fingerprint density at radius 2 is 1.50 bits per heavy atom. The van der Waals surface area contributed by atoms with E-state index in [-0.39, 0.29) is 11.0 Å². The first-order valence-electron chi connectivity index (χ1n) is 7.63. The smallest absolute Gasteiger partial charge is 0.0556 e. The number of rotatable bonds is 1. The molecule has 2 rings (SSSR count). The molecule has 3 heteroatoms.